The Balaban J connectivity index is 1.68. The highest BCUT2D eigenvalue weighted by atomic mass is 19.1. The average Bonchev–Trinajstić information content (AvgIpc) is 2.82. The van der Waals surface area contributed by atoms with E-state index in [0.717, 1.165) is 31.5 Å². The monoisotopic (exact) mass is 264 g/mol. The Morgan fingerprint density at radius 1 is 1.47 bits per heavy atom. The number of piperidine rings is 1. The van der Waals surface area contributed by atoms with Crippen molar-refractivity contribution in [1.29, 1.82) is 0 Å². The Morgan fingerprint density at radius 3 is 3.16 bits per heavy atom. The molecule has 2 atom stereocenters. The minimum atomic E-state index is -0.303. The van der Waals surface area contributed by atoms with Crippen molar-refractivity contribution >= 4 is 5.91 Å². The summed E-state index contributed by atoms with van der Waals surface area (Å²) in [6, 6.07) is 4.18. The molecule has 0 aliphatic carbocycles. The van der Waals surface area contributed by atoms with Crippen molar-refractivity contribution in [1.82, 2.24) is 10.6 Å². The van der Waals surface area contributed by atoms with Crippen LogP contribution in [0, 0.1) is 11.7 Å². The van der Waals surface area contributed by atoms with Gasteiger partial charge in [-0.15, -0.1) is 0 Å². The zero-order chi connectivity index (χ0) is 13.2. The summed E-state index contributed by atoms with van der Waals surface area (Å²) in [5.41, 5.74) is 0.733. The van der Waals surface area contributed by atoms with Gasteiger partial charge in [-0.25, -0.2) is 4.39 Å². The van der Waals surface area contributed by atoms with Gasteiger partial charge >= 0.3 is 0 Å². The minimum Gasteiger partial charge on any atom is -0.491 e. The third kappa shape index (κ3) is 2.56. The number of halogens is 1. The molecule has 1 aromatic rings. The lowest BCUT2D eigenvalue weighted by Crippen LogP contribution is -2.42. The van der Waals surface area contributed by atoms with Gasteiger partial charge in [0, 0.05) is 12.1 Å². The maximum absolute atomic E-state index is 13.2. The molecule has 2 heterocycles. The quantitative estimate of drug-likeness (QED) is 0.848. The van der Waals surface area contributed by atoms with Crippen LogP contribution in [0.1, 0.15) is 24.4 Å². The van der Waals surface area contributed by atoms with Crippen molar-refractivity contribution < 1.29 is 13.9 Å². The molecule has 2 unspecified atom stereocenters. The van der Waals surface area contributed by atoms with Crippen LogP contribution in [0.15, 0.2) is 18.2 Å². The second-order valence-corrected chi connectivity index (χ2v) is 5.10. The molecule has 0 spiro atoms. The predicted octanol–water partition coefficient (Wildman–Crippen LogP) is 1.37. The number of benzene rings is 1. The summed E-state index contributed by atoms with van der Waals surface area (Å²) in [6.07, 6.45) is 1.92. The standard InChI is InChI=1S/C14H17FN2O2/c15-10-3-4-13-11(6-10)12(8-19-13)17-14(18)9-2-1-5-16-7-9/h3-4,6,9,12,16H,1-2,5,7-8H2,(H,17,18). The summed E-state index contributed by atoms with van der Waals surface area (Å²) in [5.74, 6) is 0.389. The molecule has 2 aliphatic rings. The molecule has 1 fully saturated rings. The van der Waals surface area contributed by atoms with E-state index >= 15 is 0 Å². The van der Waals surface area contributed by atoms with Crippen LogP contribution in [0.5, 0.6) is 5.75 Å². The van der Waals surface area contributed by atoms with Gasteiger partial charge in [-0.2, -0.15) is 0 Å². The van der Waals surface area contributed by atoms with Crippen LogP contribution >= 0.6 is 0 Å². The molecule has 2 N–H and O–H groups in total. The topological polar surface area (TPSA) is 50.4 Å². The number of carbonyl (C=O) groups excluding carboxylic acids is 1. The molecule has 3 rings (SSSR count). The SMILES string of the molecule is O=C(NC1COc2ccc(F)cc21)C1CCCNC1. The number of fused-ring (bicyclic) bond motifs is 1. The molecule has 0 aromatic heterocycles. The van der Waals surface area contributed by atoms with Gasteiger partial charge in [0.1, 0.15) is 18.2 Å². The zero-order valence-corrected chi connectivity index (χ0v) is 10.6. The van der Waals surface area contributed by atoms with Gasteiger partial charge in [-0.1, -0.05) is 0 Å². The average molecular weight is 264 g/mol. The van der Waals surface area contributed by atoms with Crippen molar-refractivity contribution in [2.75, 3.05) is 19.7 Å². The van der Waals surface area contributed by atoms with E-state index in [1.165, 1.54) is 12.1 Å². The van der Waals surface area contributed by atoms with E-state index in [4.69, 9.17) is 4.74 Å². The molecule has 1 amide bonds. The summed E-state index contributed by atoms with van der Waals surface area (Å²) in [7, 11) is 0. The van der Waals surface area contributed by atoms with Crippen LogP contribution in [0.2, 0.25) is 0 Å². The van der Waals surface area contributed by atoms with Crippen molar-refractivity contribution in [3.63, 3.8) is 0 Å². The number of hydrogen-bond acceptors (Lipinski definition) is 3. The van der Waals surface area contributed by atoms with Gasteiger partial charge in [0.25, 0.3) is 0 Å². The highest BCUT2D eigenvalue weighted by molar-refractivity contribution is 5.79. The summed E-state index contributed by atoms with van der Waals surface area (Å²) in [6.45, 7) is 2.07. The van der Waals surface area contributed by atoms with E-state index in [0.29, 0.717) is 12.4 Å². The minimum absolute atomic E-state index is 0.00589. The molecule has 1 aromatic carbocycles. The van der Waals surface area contributed by atoms with Crippen LogP contribution in [0.4, 0.5) is 4.39 Å². The van der Waals surface area contributed by atoms with Gasteiger partial charge in [0.05, 0.1) is 12.0 Å². The number of ether oxygens (including phenoxy) is 1. The lowest BCUT2D eigenvalue weighted by molar-refractivity contribution is -0.126. The molecule has 19 heavy (non-hydrogen) atoms. The lowest BCUT2D eigenvalue weighted by Gasteiger charge is -2.23. The zero-order valence-electron chi connectivity index (χ0n) is 10.6. The van der Waals surface area contributed by atoms with Crippen LogP contribution < -0.4 is 15.4 Å². The van der Waals surface area contributed by atoms with Crippen LogP contribution in [0.25, 0.3) is 0 Å². The van der Waals surface area contributed by atoms with Crippen LogP contribution in [-0.2, 0) is 4.79 Å². The van der Waals surface area contributed by atoms with Gasteiger partial charge in [-0.3, -0.25) is 4.79 Å². The van der Waals surface area contributed by atoms with E-state index in [9.17, 15) is 9.18 Å². The molecule has 4 nitrogen and oxygen atoms in total. The summed E-state index contributed by atoms with van der Waals surface area (Å²) in [5, 5.41) is 6.18. The Labute approximate surface area is 111 Å². The summed E-state index contributed by atoms with van der Waals surface area (Å²) in [4.78, 5) is 12.1. The number of carbonyl (C=O) groups is 1. The van der Waals surface area contributed by atoms with Gasteiger partial charge in [0.2, 0.25) is 5.91 Å². The molecule has 102 valence electrons. The largest absolute Gasteiger partial charge is 0.491 e. The van der Waals surface area contributed by atoms with Crippen molar-refractivity contribution in [2.45, 2.75) is 18.9 Å². The Morgan fingerprint density at radius 2 is 2.37 bits per heavy atom. The molecule has 0 saturated carbocycles. The Bertz CT molecular complexity index is 486. The Kier molecular flexibility index (Phi) is 3.38. The molecular weight excluding hydrogens is 247 g/mol. The summed E-state index contributed by atoms with van der Waals surface area (Å²) >= 11 is 0. The van der Waals surface area contributed by atoms with Gasteiger partial charge < -0.3 is 15.4 Å². The molecule has 5 heteroatoms. The first-order valence-electron chi connectivity index (χ1n) is 6.67. The maximum atomic E-state index is 13.2. The molecule has 1 saturated heterocycles. The molecule has 0 radical (unpaired) electrons. The van der Waals surface area contributed by atoms with Gasteiger partial charge in [-0.05, 0) is 37.6 Å². The highest BCUT2D eigenvalue weighted by Crippen LogP contribution is 2.32. The van der Waals surface area contributed by atoms with Crippen LogP contribution in [-0.4, -0.2) is 25.6 Å². The first-order chi connectivity index (χ1) is 9.24. The number of amides is 1. The van der Waals surface area contributed by atoms with Crippen molar-refractivity contribution in [2.24, 2.45) is 5.92 Å². The predicted molar refractivity (Wildman–Crippen MR) is 68.4 cm³/mol. The highest BCUT2D eigenvalue weighted by Gasteiger charge is 2.29. The fraction of sp³-hybridized carbons (Fsp3) is 0.500. The van der Waals surface area contributed by atoms with Crippen molar-refractivity contribution in [3.05, 3.63) is 29.6 Å². The second-order valence-electron chi connectivity index (χ2n) is 5.10. The summed E-state index contributed by atoms with van der Waals surface area (Å²) < 4.78 is 18.7. The number of rotatable bonds is 2. The fourth-order valence-corrected chi connectivity index (χ4v) is 2.67. The molecule has 0 bridgehead atoms. The van der Waals surface area contributed by atoms with Crippen molar-refractivity contribution in [3.8, 4) is 5.75 Å². The first kappa shape index (κ1) is 12.4. The van der Waals surface area contributed by atoms with E-state index in [2.05, 4.69) is 10.6 Å². The molecular formula is C14H17FN2O2. The van der Waals surface area contributed by atoms with E-state index in [1.807, 2.05) is 0 Å². The number of hydrogen-bond donors (Lipinski definition) is 2. The maximum Gasteiger partial charge on any atom is 0.224 e. The normalized spacial score (nSPS) is 25.5. The third-order valence-corrected chi connectivity index (χ3v) is 3.74. The smallest absolute Gasteiger partial charge is 0.224 e. The van der Waals surface area contributed by atoms with Crippen LogP contribution in [0.3, 0.4) is 0 Å². The van der Waals surface area contributed by atoms with E-state index < -0.39 is 0 Å². The van der Waals surface area contributed by atoms with E-state index in [1.54, 1.807) is 6.07 Å². The molecule has 2 aliphatic heterocycles. The first-order valence-corrected chi connectivity index (χ1v) is 6.67. The van der Waals surface area contributed by atoms with E-state index in [-0.39, 0.29) is 23.7 Å². The Hall–Kier alpha value is -1.62. The number of nitrogens with one attached hydrogen (secondary N) is 2. The second kappa shape index (κ2) is 5.17. The fourth-order valence-electron chi connectivity index (χ4n) is 2.67. The van der Waals surface area contributed by atoms with Gasteiger partial charge in [0.15, 0.2) is 0 Å². The lowest BCUT2D eigenvalue weighted by atomic mass is 9.98. The third-order valence-electron chi connectivity index (χ3n) is 3.74.